The summed E-state index contributed by atoms with van der Waals surface area (Å²) >= 11 is 0. The average Bonchev–Trinajstić information content (AvgIpc) is 2.54. The van der Waals surface area contributed by atoms with Crippen LogP contribution in [0.4, 0.5) is 0 Å². The molecule has 0 N–H and O–H groups in total. The Morgan fingerprint density at radius 2 is 1.72 bits per heavy atom. The topological polar surface area (TPSA) is 3.88 Å². The molecule has 2 aromatic rings. The highest BCUT2D eigenvalue weighted by molar-refractivity contribution is 6.89. The van der Waals surface area contributed by atoms with E-state index in [1.165, 1.54) is 23.2 Å². The molecule has 0 spiro atoms. The first kappa shape index (κ1) is 19.9. The third kappa shape index (κ3) is 4.06. The molecule has 1 unspecified atom stereocenters. The van der Waals surface area contributed by atoms with Crippen molar-refractivity contribution < 1.29 is 4.57 Å². The molecule has 1 atom stereocenters. The minimum absolute atomic E-state index is 0.303. The Morgan fingerprint density at radius 3 is 2.24 bits per heavy atom. The number of aryl methyl sites for hydroxylation is 2. The van der Waals surface area contributed by atoms with E-state index in [2.05, 4.69) is 102 Å². The molecule has 0 aliphatic rings. The predicted molar refractivity (Wildman–Crippen MR) is 113 cm³/mol. The second kappa shape index (κ2) is 7.07. The van der Waals surface area contributed by atoms with Crippen LogP contribution in [0.5, 0.6) is 0 Å². The van der Waals surface area contributed by atoms with Gasteiger partial charge in [0.05, 0.1) is 8.07 Å². The van der Waals surface area contributed by atoms with E-state index in [-0.39, 0.29) is 0 Å². The van der Waals surface area contributed by atoms with Crippen molar-refractivity contribution in [2.45, 2.75) is 66.6 Å². The summed E-state index contributed by atoms with van der Waals surface area (Å²) < 4.78 is 2.34. The van der Waals surface area contributed by atoms with Crippen molar-refractivity contribution >= 4 is 13.3 Å². The van der Waals surface area contributed by atoms with E-state index in [9.17, 15) is 0 Å². The van der Waals surface area contributed by atoms with E-state index < -0.39 is 8.07 Å². The Balaban J connectivity index is 2.75. The van der Waals surface area contributed by atoms with Gasteiger partial charge in [-0.1, -0.05) is 72.0 Å². The molecule has 1 nitrogen and oxygen atoms in total. The SMILES string of the molecule is CCC(C)(C)C(C)c1cc(-c2ccccc2C)[n+](C)cc1[Si](C)(C)C. The molecule has 1 heterocycles. The monoisotopic (exact) mass is 354 g/mol. The fourth-order valence-corrected chi connectivity index (χ4v) is 5.24. The van der Waals surface area contributed by atoms with Crippen LogP contribution >= 0.6 is 0 Å². The summed E-state index contributed by atoms with van der Waals surface area (Å²) in [6, 6.07) is 11.2. The first-order valence-corrected chi connectivity index (χ1v) is 13.1. The molecule has 0 fully saturated rings. The van der Waals surface area contributed by atoms with Crippen molar-refractivity contribution in [3.05, 3.63) is 47.7 Å². The van der Waals surface area contributed by atoms with Gasteiger partial charge in [-0.05, 0) is 35.4 Å². The van der Waals surface area contributed by atoms with Crippen LogP contribution in [0, 0.1) is 12.3 Å². The van der Waals surface area contributed by atoms with E-state index in [0.29, 0.717) is 11.3 Å². The van der Waals surface area contributed by atoms with Crippen molar-refractivity contribution in [3.8, 4) is 11.3 Å². The maximum atomic E-state index is 2.48. The molecular weight excluding hydrogens is 318 g/mol. The Bertz CT molecular complexity index is 753. The highest BCUT2D eigenvalue weighted by atomic mass is 28.3. The predicted octanol–water partition coefficient (Wildman–Crippen LogP) is 5.57. The molecule has 136 valence electrons. The summed E-state index contributed by atoms with van der Waals surface area (Å²) in [6.45, 7) is 19.2. The zero-order valence-corrected chi connectivity index (χ0v) is 18.7. The van der Waals surface area contributed by atoms with Crippen molar-refractivity contribution in [2.75, 3.05) is 0 Å². The Labute approximate surface area is 156 Å². The summed E-state index contributed by atoms with van der Waals surface area (Å²) in [6.07, 6.45) is 3.62. The maximum absolute atomic E-state index is 2.48. The molecule has 0 aliphatic carbocycles. The average molecular weight is 355 g/mol. The van der Waals surface area contributed by atoms with Gasteiger partial charge in [0.25, 0.3) is 0 Å². The first-order chi connectivity index (χ1) is 11.5. The quantitative estimate of drug-likeness (QED) is 0.488. The highest BCUT2D eigenvalue weighted by Crippen LogP contribution is 2.38. The molecule has 0 saturated carbocycles. The summed E-state index contributed by atoms with van der Waals surface area (Å²) in [7, 11) is 0.777. The molecule has 0 bridgehead atoms. The number of rotatable bonds is 5. The van der Waals surface area contributed by atoms with Gasteiger partial charge in [0.1, 0.15) is 7.05 Å². The van der Waals surface area contributed by atoms with Crippen LogP contribution < -0.4 is 9.75 Å². The Hall–Kier alpha value is -1.41. The van der Waals surface area contributed by atoms with Crippen LogP contribution in [-0.4, -0.2) is 8.07 Å². The van der Waals surface area contributed by atoms with Crippen LogP contribution in [0.1, 0.15) is 51.2 Å². The molecule has 0 saturated heterocycles. The molecule has 2 heteroatoms. The zero-order chi connectivity index (χ0) is 19.0. The lowest BCUT2D eigenvalue weighted by Gasteiger charge is -2.34. The van der Waals surface area contributed by atoms with Gasteiger partial charge < -0.3 is 0 Å². The van der Waals surface area contributed by atoms with Crippen LogP contribution in [-0.2, 0) is 7.05 Å². The van der Waals surface area contributed by atoms with Gasteiger partial charge in [-0.25, -0.2) is 4.57 Å². The van der Waals surface area contributed by atoms with Gasteiger partial charge >= 0.3 is 0 Å². The third-order valence-corrected chi connectivity index (χ3v) is 8.12. The maximum Gasteiger partial charge on any atom is 0.212 e. The second-order valence-electron chi connectivity index (χ2n) is 9.27. The van der Waals surface area contributed by atoms with Crippen molar-refractivity contribution in [2.24, 2.45) is 12.5 Å². The first-order valence-electron chi connectivity index (χ1n) is 9.59. The minimum Gasteiger partial charge on any atom is -0.201 e. The van der Waals surface area contributed by atoms with Crippen molar-refractivity contribution in [3.63, 3.8) is 0 Å². The fourth-order valence-electron chi connectivity index (χ4n) is 3.50. The second-order valence-corrected chi connectivity index (χ2v) is 14.3. The lowest BCUT2D eigenvalue weighted by molar-refractivity contribution is -0.659. The number of aromatic nitrogens is 1. The molecule has 1 aromatic heterocycles. The summed E-state index contributed by atoms with van der Waals surface area (Å²) in [4.78, 5) is 0. The standard InChI is InChI=1S/C23H36NSi/c1-10-23(4,5)18(3)20-15-21(19-14-12-11-13-17(19)2)24(6)16-22(20)25(7,8)9/h11-16,18H,10H2,1-9H3/q+1. The summed E-state index contributed by atoms with van der Waals surface area (Å²) in [5.41, 5.74) is 5.87. The number of benzene rings is 1. The van der Waals surface area contributed by atoms with Gasteiger partial charge in [0.15, 0.2) is 6.20 Å². The van der Waals surface area contributed by atoms with Gasteiger partial charge in [0, 0.05) is 16.8 Å². The molecule has 0 radical (unpaired) electrons. The van der Waals surface area contributed by atoms with Gasteiger partial charge in [-0.3, -0.25) is 0 Å². The van der Waals surface area contributed by atoms with Crippen LogP contribution in [0.25, 0.3) is 11.3 Å². The molecular formula is C23H36NSi+. The van der Waals surface area contributed by atoms with E-state index in [4.69, 9.17) is 0 Å². The summed E-state index contributed by atoms with van der Waals surface area (Å²) in [5.74, 6) is 0.545. The Morgan fingerprint density at radius 1 is 1.12 bits per heavy atom. The number of hydrogen-bond acceptors (Lipinski definition) is 0. The zero-order valence-electron chi connectivity index (χ0n) is 17.7. The van der Waals surface area contributed by atoms with Crippen LogP contribution in [0.2, 0.25) is 19.6 Å². The highest BCUT2D eigenvalue weighted by Gasteiger charge is 2.33. The molecule has 0 aliphatic heterocycles. The van der Waals surface area contributed by atoms with E-state index in [0.717, 1.165) is 0 Å². The van der Waals surface area contributed by atoms with Crippen molar-refractivity contribution in [1.29, 1.82) is 0 Å². The number of pyridine rings is 1. The fraction of sp³-hybridized carbons (Fsp3) is 0.522. The molecule has 1 aromatic carbocycles. The summed E-state index contributed by atoms with van der Waals surface area (Å²) in [5, 5.41) is 1.60. The lowest BCUT2D eigenvalue weighted by Crippen LogP contribution is -2.48. The van der Waals surface area contributed by atoms with Crippen LogP contribution in [0.3, 0.4) is 0 Å². The largest absolute Gasteiger partial charge is 0.212 e. The van der Waals surface area contributed by atoms with E-state index >= 15 is 0 Å². The molecule has 2 rings (SSSR count). The number of nitrogens with zero attached hydrogens (tertiary/aromatic N) is 1. The normalized spacial score (nSPS) is 13.8. The molecule has 25 heavy (non-hydrogen) atoms. The van der Waals surface area contributed by atoms with E-state index in [1.807, 2.05) is 0 Å². The number of hydrogen-bond donors (Lipinski definition) is 0. The van der Waals surface area contributed by atoms with Gasteiger partial charge in [-0.2, -0.15) is 0 Å². The smallest absolute Gasteiger partial charge is 0.201 e. The van der Waals surface area contributed by atoms with Crippen molar-refractivity contribution in [1.82, 2.24) is 0 Å². The van der Waals surface area contributed by atoms with Crippen LogP contribution in [0.15, 0.2) is 36.5 Å². The lowest BCUT2D eigenvalue weighted by atomic mass is 9.74. The molecule has 0 amide bonds. The van der Waals surface area contributed by atoms with Gasteiger partial charge in [0.2, 0.25) is 5.69 Å². The van der Waals surface area contributed by atoms with E-state index in [1.54, 1.807) is 10.8 Å². The third-order valence-electron chi connectivity index (χ3n) is 6.08. The Kier molecular flexibility index (Phi) is 5.63. The van der Waals surface area contributed by atoms with Gasteiger partial charge in [-0.15, -0.1) is 0 Å². The minimum atomic E-state index is -1.42.